The Morgan fingerprint density at radius 2 is 1.85 bits per heavy atom. The highest BCUT2D eigenvalue weighted by Gasteiger charge is 2.49. The third-order valence-electron chi connectivity index (χ3n) is 8.62. The predicted octanol–water partition coefficient (Wildman–Crippen LogP) is 7.35. The van der Waals surface area contributed by atoms with Gasteiger partial charge in [0.2, 0.25) is 5.28 Å². The molecule has 2 aromatic heterocycles. The molecule has 0 amide bonds. The largest absolute Gasteiger partial charge is 0.468 e. The maximum absolute atomic E-state index is 16.4. The number of pyridine rings is 1. The molecule has 3 fully saturated rings. The molecule has 206 valence electrons. The second kappa shape index (κ2) is 10.1. The van der Waals surface area contributed by atoms with Gasteiger partial charge in [-0.15, -0.1) is 0 Å². The Hall–Kier alpha value is -3.61. The molecule has 7 nitrogen and oxygen atoms in total. The summed E-state index contributed by atoms with van der Waals surface area (Å²) in [5, 5.41) is 14.7. The first-order valence-corrected chi connectivity index (χ1v) is 13.8. The van der Waals surface area contributed by atoms with Gasteiger partial charge in [0, 0.05) is 24.4 Å². The molecule has 1 N–H and O–H groups in total. The summed E-state index contributed by atoms with van der Waals surface area (Å²) in [5.41, 5.74) is 0.390. The first kappa shape index (κ1) is 26.6. The number of nitriles is 1. The lowest BCUT2D eigenvalue weighted by molar-refractivity contribution is 0.0512. The van der Waals surface area contributed by atoms with Crippen molar-refractivity contribution in [3.05, 3.63) is 52.9 Å². The quantitative estimate of drug-likeness (QED) is 0.185. The van der Waals surface area contributed by atoms with E-state index >= 15 is 4.39 Å². The normalized spacial score (nSPS) is 22.0. The average molecular weight is 564 g/mol. The Balaban J connectivity index is 1.49. The lowest BCUT2D eigenvalue weighted by Crippen LogP contribution is -2.50. The monoisotopic (exact) mass is 563 g/mol. The number of fused-ring (bicyclic) bond motifs is 5. The number of nitrogens with zero attached hydrogens (tertiary/aromatic N) is 4. The Morgan fingerprint density at radius 3 is 2.52 bits per heavy atom. The van der Waals surface area contributed by atoms with Crippen LogP contribution in [0.2, 0.25) is 5.28 Å². The maximum Gasteiger partial charge on any atom is 0.225 e. The number of ether oxygens (including phenoxy) is 2. The van der Waals surface area contributed by atoms with Gasteiger partial charge in [-0.2, -0.15) is 5.26 Å². The highest BCUT2D eigenvalue weighted by atomic mass is 35.5. The molecule has 0 unspecified atom stereocenters. The van der Waals surface area contributed by atoms with Gasteiger partial charge in [-0.1, -0.05) is 13.0 Å². The van der Waals surface area contributed by atoms with Gasteiger partial charge in [0.15, 0.2) is 12.6 Å². The van der Waals surface area contributed by atoms with Crippen molar-refractivity contribution in [1.82, 2.24) is 15.0 Å². The molecule has 10 heteroatoms. The molecule has 7 rings (SSSR count). The number of anilines is 1. The van der Waals surface area contributed by atoms with Crippen molar-refractivity contribution in [2.24, 2.45) is 5.41 Å². The summed E-state index contributed by atoms with van der Waals surface area (Å²) in [7, 11) is 1.51. The van der Waals surface area contributed by atoms with Crippen molar-refractivity contribution < 1.29 is 18.3 Å². The van der Waals surface area contributed by atoms with Crippen LogP contribution in [-0.2, 0) is 11.2 Å². The third-order valence-corrected chi connectivity index (χ3v) is 8.79. The SMILES string of the molecule is CCc1c(F)ccc2cc(OCOC)cc(-c3ncc4c(NC56CCC(C#N)(CC5)CC6)nc(Cl)nc4c3F)c12. The van der Waals surface area contributed by atoms with Crippen LogP contribution in [0.4, 0.5) is 14.6 Å². The van der Waals surface area contributed by atoms with Crippen LogP contribution in [0.1, 0.15) is 51.0 Å². The van der Waals surface area contributed by atoms with Gasteiger partial charge in [-0.25, -0.2) is 18.7 Å². The summed E-state index contributed by atoms with van der Waals surface area (Å²) in [6.07, 6.45) is 6.85. The highest BCUT2D eigenvalue weighted by molar-refractivity contribution is 6.28. The fourth-order valence-electron chi connectivity index (χ4n) is 6.34. The van der Waals surface area contributed by atoms with Crippen LogP contribution in [-0.4, -0.2) is 34.4 Å². The van der Waals surface area contributed by atoms with E-state index in [9.17, 15) is 9.65 Å². The number of rotatable bonds is 7. The van der Waals surface area contributed by atoms with Crippen LogP contribution in [0, 0.1) is 28.4 Å². The molecule has 0 saturated heterocycles. The minimum Gasteiger partial charge on any atom is -0.468 e. The number of aryl methyl sites for hydroxylation is 1. The van der Waals surface area contributed by atoms with E-state index in [0.717, 1.165) is 38.5 Å². The van der Waals surface area contributed by atoms with E-state index in [1.165, 1.54) is 19.4 Å². The van der Waals surface area contributed by atoms with E-state index in [2.05, 4.69) is 26.3 Å². The average Bonchev–Trinajstić information content (AvgIpc) is 2.97. The summed E-state index contributed by atoms with van der Waals surface area (Å²) in [6.45, 7) is 1.85. The first-order chi connectivity index (χ1) is 19.3. The molecule has 3 aliphatic carbocycles. The summed E-state index contributed by atoms with van der Waals surface area (Å²) in [4.78, 5) is 13.2. The number of benzene rings is 2. The van der Waals surface area contributed by atoms with Gasteiger partial charge in [0.1, 0.15) is 28.6 Å². The van der Waals surface area contributed by atoms with Crippen molar-refractivity contribution in [2.75, 3.05) is 19.2 Å². The molecule has 3 saturated carbocycles. The molecule has 3 aliphatic rings. The molecule has 0 aliphatic heterocycles. The lowest BCUT2D eigenvalue weighted by atomic mass is 9.58. The van der Waals surface area contributed by atoms with Gasteiger partial charge >= 0.3 is 0 Å². The molecule has 2 aromatic carbocycles. The second-order valence-electron chi connectivity index (χ2n) is 10.8. The predicted molar refractivity (Wildman–Crippen MR) is 149 cm³/mol. The Kier molecular flexibility index (Phi) is 6.71. The van der Waals surface area contributed by atoms with Crippen molar-refractivity contribution in [2.45, 2.75) is 57.4 Å². The van der Waals surface area contributed by atoms with Crippen LogP contribution in [0.25, 0.3) is 32.9 Å². The molecular formula is C30H28ClF2N5O2. The molecule has 2 bridgehead atoms. The zero-order chi connectivity index (χ0) is 28.1. The van der Waals surface area contributed by atoms with E-state index in [-0.39, 0.29) is 40.1 Å². The van der Waals surface area contributed by atoms with Gasteiger partial charge in [0.05, 0.1) is 16.9 Å². The molecule has 0 atom stereocenters. The van der Waals surface area contributed by atoms with Crippen LogP contribution in [0.3, 0.4) is 0 Å². The van der Waals surface area contributed by atoms with E-state index in [1.54, 1.807) is 18.2 Å². The van der Waals surface area contributed by atoms with Crippen LogP contribution in [0.15, 0.2) is 30.5 Å². The van der Waals surface area contributed by atoms with Gasteiger partial charge < -0.3 is 14.8 Å². The van der Waals surface area contributed by atoms with Crippen molar-refractivity contribution >= 4 is 39.1 Å². The Labute approximate surface area is 235 Å². The number of hydrogen-bond acceptors (Lipinski definition) is 7. The maximum atomic E-state index is 16.4. The first-order valence-electron chi connectivity index (χ1n) is 13.4. The lowest BCUT2D eigenvalue weighted by Gasteiger charge is -2.51. The zero-order valence-electron chi connectivity index (χ0n) is 22.3. The van der Waals surface area contributed by atoms with E-state index in [4.69, 9.17) is 21.1 Å². The highest BCUT2D eigenvalue weighted by Crippen LogP contribution is 2.53. The second-order valence-corrected chi connectivity index (χ2v) is 11.2. The van der Waals surface area contributed by atoms with Crippen LogP contribution >= 0.6 is 11.6 Å². The van der Waals surface area contributed by atoms with E-state index in [1.807, 2.05) is 6.92 Å². The van der Waals surface area contributed by atoms with Gasteiger partial charge in [-0.05, 0) is 91.1 Å². The molecule has 0 radical (unpaired) electrons. The standard InChI is InChI=1S/C30H28ClF2N5O2/c1-3-19-22(32)5-4-17-12-18(40-16-39-2)13-20(23(17)19)25-24(33)26-21(14-35-25)27(37-28(31)36-26)38-30-9-6-29(15-34,7-10-30)8-11-30/h4-5,12-14H,3,6-11,16H2,1-2H3,(H,36,37,38). The minimum absolute atomic E-state index is 0.00446. The minimum atomic E-state index is -0.686. The number of halogens is 3. The van der Waals surface area contributed by atoms with Crippen LogP contribution in [0.5, 0.6) is 5.75 Å². The molecule has 40 heavy (non-hydrogen) atoms. The van der Waals surface area contributed by atoms with E-state index < -0.39 is 5.82 Å². The van der Waals surface area contributed by atoms with Crippen molar-refractivity contribution in [1.29, 1.82) is 5.26 Å². The summed E-state index contributed by atoms with van der Waals surface area (Å²) >= 11 is 6.33. The van der Waals surface area contributed by atoms with E-state index in [0.29, 0.717) is 45.3 Å². The molecular weight excluding hydrogens is 536 g/mol. The number of nitrogens with one attached hydrogen (secondary N) is 1. The number of hydrogen-bond donors (Lipinski definition) is 1. The topological polar surface area (TPSA) is 93.0 Å². The molecule has 0 spiro atoms. The fraction of sp³-hybridized carbons (Fsp3) is 0.400. The van der Waals surface area contributed by atoms with Gasteiger partial charge in [0.25, 0.3) is 0 Å². The summed E-state index contributed by atoms with van der Waals surface area (Å²) in [5.74, 6) is -0.208. The third kappa shape index (κ3) is 4.40. The van der Waals surface area contributed by atoms with Crippen LogP contribution < -0.4 is 10.1 Å². The van der Waals surface area contributed by atoms with Crippen molar-refractivity contribution in [3.63, 3.8) is 0 Å². The molecule has 2 heterocycles. The fourth-order valence-corrected chi connectivity index (χ4v) is 6.50. The number of methoxy groups -OCH3 is 1. The smallest absolute Gasteiger partial charge is 0.225 e. The zero-order valence-corrected chi connectivity index (χ0v) is 23.0. The van der Waals surface area contributed by atoms with Gasteiger partial charge in [-0.3, -0.25) is 4.98 Å². The summed E-state index contributed by atoms with van der Waals surface area (Å²) in [6, 6.07) is 8.97. The molecule has 4 aromatic rings. The van der Waals surface area contributed by atoms with Crippen molar-refractivity contribution in [3.8, 4) is 23.1 Å². The Bertz CT molecular complexity index is 1660. The Morgan fingerprint density at radius 1 is 1.10 bits per heavy atom. The number of aromatic nitrogens is 3. The summed E-state index contributed by atoms with van der Waals surface area (Å²) < 4.78 is 42.0.